The van der Waals surface area contributed by atoms with Gasteiger partial charge in [0.05, 0.1) is 24.0 Å². The van der Waals surface area contributed by atoms with E-state index in [0.717, 1.165) is 48.4 Å². The predicted molar refractivity (Wildman–Crippen MR) is 120 cm³/mol. The van der Waals surface area contributed by atoms with Crippen molar-refractivity contribution < 1.29 is 14.3 Å². The maximum Gasteiger partial charge on any atom is 0.411 e. The number of hydrogen-bond acceptors (Lipinski definition) is 4. The fraction of sp³-hybridized carbons (Fsp3) is 0.417. The van der Waals surface area contributed by atoms with Crippen LogP contribution in [0.1, 0.15) is 38.8 Å². The number of nitrogens with one attached hydrogen (secondary N) is 1. The SMILES string of the molecule is CCOC(=O)Nc1ccc2c(c1)N(C(=O)[C@@H](C)N(CC)CC)c1ccccc1CC2. The molecular formula is C24H31N3O3. The molecule has 6 nitrogen and oxygen atoms in total. The molecule has 0 spiro atoms. The van der Waals surface area contributed by atoms with Crippen LogP contribution in [0.3, 0.4) is 0 Å². The molecule has 0 saturated heterocycles. The van der Waals surface area contributed by atoms with Gasteiger partial charge >= 0.3 is 6.09 Å². The summed E-state index contributed by atoms with van der Waals surface area (Å²) in [4.78, 5) is 29.6. The van der Waals surface area contributed by atoms with Gasteiger partial charge in [-0.25, -0.2) is 4.79 Å². The molecule has 2 amide bonds. The second kappa shape index (κ2) is 9.76. The molecule has 0 fully saturated rings. The van der Waals surface area contributed by atoms with Crippen LogP contribution in [0.5, 0.6) is 0 Å². The third-order valence-corrected chi connectivity index (χ3v) is 5.68. The van der Waals surface area contributed by atoms with Crippen molar-refractivity contribution in [3.05, 3.63) is 53.6 Å². The first-order valence-electron chi connectivity index (χ1n) is 10.7. The van der Waals surface area contributed by atoms with Crippen molar-refractivity contribution in [1.29, 1.82) is 0 Å². The van der Waals surface area contributed by atoms with Crippen molar-refractivity contribution in [2.45, 2.75) is 46.6 Å². The number of rotatable bonds is 6. The van der Waals surface area contributed by atoms with E-state index in [4.69, 9.17) is 4.74 Å². The summed E-state index contributed by atoms with van der Waals surface area (Å²) in [5.41, 5.74) is 4.57. The van der Waals surface area contributed by atoms with Gasteiger partial charge in [0.15, 0.2) is 0 Å². The second-order valence-corrected chi connectivity index (χ2v) is 7.39. The summed E-state index contributed by atoms with van der Waals surface area (Å²) in [5.74, 6) is 0.0302. The van der Waals surface area contributed by atoms with Crippen LogP contribution in [0.2, 0.25) is 0 Å². The van der Waals surface area contributed by atoms with Crippen LogP contribution >= 0.6 is 0 Å². The molecule has 1 atom stereocenters. The highest BCUT2D eigenvalue weighted by molar-refractivity contribution is 6.05. The lowest BCUT2D eigenvalue weighted by Gasteiger charge is -2.32. The molecule has 3 rings (SSSR count). The molecule has 1 aliphatic rings. The topological polar surface area (TPSA) is 61.9 Å². The highest BCUT2D eigenvalue weighted by Gasteiger charge is 2.31. The van der Waals surface area contributed by atoms with E-state index in [9.17, 15) is 9.59 Å². The molecule has 0 aliphatic carbocycles. The number of amides is 2. The number of carbonyl (C=O) groups excluding carboxylic acids is 2. The molecule has 2 aromatic rings. The molecule has 1 heterocycles. The first-order valence-corrected chi connectivity index (χ1v) is 10.7. The molecular weight excluding hydrogens is 378 g/mol. The number of carbonyl (C=O) groups is 2. The van der Waals surface area contributed by atoms with Crippen LogP contribution in [0, 0.1) is 0 Å². The van der Waals surface area contributed by atoms with Crippen molar-refractivity contribution in [3.8, 4) is 0 Å². The Kier molecular flexibility index (Phi) is 7.11. The van der Waals surface area contributed by atoms with Crippen molar-refractivity contribution >= 4 is 29.1 Å². The Morgan fingerprint density at radius 2 is 1.70 bits per heavy atom. The fourth-order valence-corrected chi connectivity index (χ4v) is 4.04. The highest BCUT2D eigenvalue weighted by Crippen LogP contribution is 2.38. The van der Waals surface area contributed by atoms with Gasteiger partial charge in [-0.05, 0) is 69.1 Å². The van der Waals surface area contributed by atoms with Crippen LogP contribution in [0.15, 0.2) is 42.5 Å². The van der Waals surface area contributed by atoms with Crippen LogP contribution in [0.25, 0.3) is 0 Å². The number of likely N-dealkylation sites (N-methyl/N-ethyl adjacent to an activating group) is 1. The van der Waals surface area contributed by atoms with Crippen molar-refractivity contribution in [3.63, 3.8) is 0 Å². The van der Waals surface area contributed by atoms with E-state index in [1.54, 1.807) is 6.92 Å². The molecule has 0 radical (unpaired) electrons. The van der Waals surface area contributed by atoms with Gasteiger partial charge in [-0.15, -0.1) is 0 Å². The number of nitrogens with zero attached hydrogens (tertiary/aromatic N) is 2. The molecule has 30 heavy (non-hydrogen) atoms. The summed E-state index contributed by atoms with van der Waals surface area (Å²) in [6.07, 6.45) is 1.19. The van der Waals surface area contributed by atoms with Crippen LogP contribution in [0.4, 0.5) is 21.9 Å². The maximum atomic E-state index is 13.7. The molecule has 0 bridgehead atoms. The number of ether oxygens (including phenoxy) is 1. The molecule has 1 aliphatic heterocycles. The number of para-hydroxylation sites is 1. The maximum absolute atomic E-state index is 13.7. The molecule has 2 aromatic carbocycles. The Hall–Kier alpha value is -2.86. The summed E-state index contributed by atoms with van der Waals surface area (Å²) in [7, 11) is 0. The minimum Gasteiger partial charge on any atom is -0.450 e. The quantitative estimate of drug-likeness (QED) is 0.748. The van der Waals surface area contributed by atoms with E-state index < -0.39 is 6.09 Å². The van der Waals surface area contributed by atoms with Crippen molar-refractivity contribution in [2.24, 2.45) is 0 Å². The van der Waals surface area contributed by atoms with Gasteiger partial charge in [0.2, 0.25) is 5.91 Å². The van der Waals surface area contributed by atoms with Gasteiger partial charge in [-0.3, -0.25) is 19.9 Å². The monoisotopic (exact) mass is 409 g/mol. The molecule has 0 unspecified atom stereocenters. The molecule has 160 valence electrons. The Balaban J connectivity index is 2.07. The molecule has 6 heteroatoms. The normalized spacial score (nSPS) is 13.8. The van der Waals surface area contributed by atoms with Crippen molar-refractivity contribution in [2.75, 3.05) is 29.9 Å². The lowest BCUT2D eigenvalue weighted by atomic mass is 10.0. The van der Waals surface area contributed by atoms with Gasteiger partial charge < -0.3 is 4.74 Å². The Labute approximate surface area is 178 Å². The number of anilines is 3. The number of fused-ring (bicyclic) bond motifs is 2. The van der Waals surface area contributed by atoms with Crippen LogP contribution in [-0.4, -0.2) is 42.6 Å². The highest BCUT2D eigenvalue weighted by atomic mass is 16.5. The molecule has 0 aromatic heterocycles. The minimum atomic E-state index is -0.499. The Bertz CT molecular complexity index is 908. The lowest BCUT2D eigenvalue weighted by molar-refractivity contribution is -0.122. The van der Waals surface area contributed by atoms with Gasteiger partial charge in [0, 0.05) is 5.69 Å². The summed E-state index contributed by atoms with van der Waals surface area (Å²) in [6.45, 7) is 9.77. The van der Waals surface area contributed by atoms with Gasteiger partial charge in [0.25, 0.3) is 0 Å². The zero-order valence-electron chi connectivity index (χ0n) is 18.3. The van der Waals surface area contributed by atoms with E-state index in [1.807, 2.05) is 48.2 Å². The first-order chi connectivity index (χ1) is 14.5. The first kappa shape index (κ1) is 21.8. The van der Waals surface area contributed by atoms with E-state index in [1.165, 1.54) is 0 Å². The van der Waals surface area contributed by atoms with E-state index in [-0.39, 0.29) is 11.9 Å². The van der Waals surface area contributed by atoms with Crippen molar-refractivity contribution in [1.82, 2.24) is 4.90 Å². The Morgan fingerprint density at radius 3 is 2.37 bits per heavy atom. The third kappa shape index (κ3) is 4.49. The smallest absolute Gasteiger partial charge is 0.411 e. The summed E-state index contributed by atoms with van der Waals surface area (Å²) in [5, 5.41) is 2.76. The number of benzene rings is 2. The zero-order valence-corrected chi connectivity index (χ0v) is 18.3. The summed E-state index contributed by atoms with van der Waals surface area (Å²) >= 11 is 0. The van der Waals surface area contributed by atoms with Crippen LogP contribution in [-0.2, 0) is 22.4 Å². The number of aryl methyl sites for hydroxylation is 2. The molecule has 1 N–H and O–H groups in total. The predicted octanol–water partition coefficient (Wildman–Crippen LogP) is 4.75. The van der Waals surface area contributed by atoms with Crippen LogP contribution < -0.4 is 10.2 Å². The largest absolute Gasteiger partial charge is 0.450 e. The second-order valence-electron chi connectivity index (χ2n) is 7.39. The standard InChI is InChI=1S/C24H31N3O3/c1-5-26(6-2)17(4)23(28)27-21-11-9-8-10-18(21)12-13-19-14-15-20(16-22(19)27)25-24(29)30-7-3/h8-11,14-17H,5-7,12-13H2,1-4H3,(H,25,29)/t17-/m1/s1. The lowest BCUT2D eigenvalue weighted by Crippen LogP contribution is -2.45. The summed E-state index contributed by atoms with van der Waals surface area (Å²) < 4.78 is 5.01. The molecule has 0 saturated carbocycles. The third-order valence-electron chi connectivity index (χ3n) is 5.68. The number of hydrogen-bond donors (Lipinski definition) is 1. The zero-order chi connectivity index (χ0) is 21.7. The average Bonchev–Trinajstić information content (AvgIpc) is 2.90. The Morgan fingerprint density at radius 1 is 1.03 bits per heavy atom. The average molecular weight is 410 g/mol. The van der Waals surface area contributed by atoms with E-state index in [2.05, 4.69) is 30.1 Å². The van der Waals surface area contributed by atoms with Gasteiger partial charge in [-0.2, -0.15) is 0 Å². The van der Waals surface area contributed by atoms with E-state index >= 15 is 0 Å². The van der Waals surface area contributed by atoms with Gasteiger partial charge in [0.1, 0.15) is 0 Å². The minimum absolute atomic E-state index is 0.0302. The fourth-order valence-electron chi connectivity index (χ4n) is 4.04. The van der Waals surface area contributed by atoms with E-state index in [0.29, 0.717) is 12.3 Å². The van der Waals surface area contributed by atoms with Gasteiger partial charge in [-0.1, -0.05) is 38.1 Å². The summed E-state index contributed by atoms with van der Waals surface area (Å²) in [6, 6.07) is 13.5.